The van der Waals surface area contributed by atoms with Gasteiger partial charge >= 0.3 is 29.5 Å². The van der Waals surface area contributed by atoms with E-state index < -0.39 is 48.1 Å². The number of aliphatic carboxylic acids is 1. The number of carbonyl (C=O) groups excluding carboxylic acids is 3. The molecule has 1 unspecified atom stereocenters. The van der Waals surface area contributed by atoms with Gasteiger partial charge in [-0.1, -0.05) is 13.3 Å². The van der Waals surface area contributed by atoms with Crippen molar-refractivity contribution < 1.29 is 52.4 Å². The summed E-state index contributed by atoms with van der Waals surface area (Å²) in [6, 6.07) is 19.9. The number of fused-ring (bicyclic) bond motifs is 1. The van der Waals surface area contributed by atoms with Gasteiger partial charge in [0.05, 0.1) is 18.8 Å². The molecule has 288 valence electrons. The lowest BCUT2D eigenvalue weighted by atomic mass is 9.93. The third kappa shape index (κ3) is 11.6. The van der Waals surface area contributed by atoms with Gasteiger partial charge < -0.3 is 38.1 Å². The number of carbonyl (C=O) groups is 4. The molecule has 1 aromatic heterocycles. The van der Waals surface area contributed by atoms with Crippen LogP contribution in [0.1, 0.15) is 80.5 Å². The Morgan fingerprint density at radius 2 is 1.35 bits per heavy atom. The molecule has 0 saturated heterocycles. The number of benzene rings is 3. The first kappa shape index (κ1) is 40.9. The van der Waals surface area contributed by atoms with Crippen LogP contribution in [0.5, 0.6) is 17.2 Å². The number of hydrogen-bond donors (Lipinski definition) is 1. The predicted octanol–water partition coefficient (Wildman–Crippen LogP) is 7.08. The van der Waals surface area contributed by atoms with Crippen molar-refractivity contribution in [2.75, 3.05) is 44.4 Å². The topological polar surface area (TPSA) is 168 Å². The highest BCUT2D eigenvalue weighted by Crippen LogP contribution is 2.24. The molecule has 0 aliphatic heterocycles. The third-order valence-corrected chi connectivity index (χ3v) is 8.59. The summed E-state index contributed by atoms with van der Waals surface area (Å²) < 4.78 is 32.6. The Morgan fingerprint density at radius 1 is 0.741 bits per heavy atom. The van der Waals surface area contributed by atoms with E-state index in [0.717, 1.165) is 31.6 Å². The molecule has 1 atom stereocenters. The highest BCUT2D eigenvalue weighted by Gasteiger charge is 2.37. The maximum atomic E-state index is 12.8. The molecular weight excluding hydrogens is 698 g/mol. The Hall–Kier alpha value is -5.85. The van der Waals surface area contributed by atoms with Gasteiger partial charge in [0.2, 0.25) is 0 Å². The molecule has 54 heavy (non-hydrogen) atoms. The molecule has 0 bridgehead atoms. The van der Waals surface area contributed by atoms with Gasteiger partial charge in [-0.3, -0.25) is 9.59 Å². The Morgan fingerprint density at radius 3 is 1.98 bits per heavy atom. The van der Waals surface area contributed by atoms with Crippen LogP contribution in [0, 0.1) is 5.41 Å². The standard InChI is InChI=1S/C41H47NO12/c1-5-8-22-49-31-16-13-28(14-17-31)37(44)53-33-20-18-32(19-21-33)50-23-10-9-11-36(43)51-26-41(4,40(47)48)27-52-38(45)34-24-29-12-15-30(42(6-2)7-3)25-35(29)54-39(34)46/h12-21,24-25H,5-11,22-23,26-27H2,1-4H3,(H,47,48). The second-order valence-corrected chi connectivity index (χ2v) is 12.8. The summed E-state index contributed by atoms with van der Waals surface area (Å²) in [6.45, 7) is 8.59. The van der Waals surface area contributed by atoms with Crippen LogP contribution < -0.4 is 24.7 Å². The smallest absolute Gasteiger partial charge is 0.351 e. The monoisotopic (exact) mass is 745 g/mol. The number of hydrogen-bond acceptors (Lipinski definition) is 12. The van der Waals surface area contributed by atoms with Gasteiger partial charge in [0.25, 0.3) is 0 Å². The largest absolute Gasteiger partial charge is 0.494 e. The van der Waals surface area contributed by atoms with Crippen LogP contribution in [0.4, 0.5) is 5.69 Å². The van der Waals surface area contributed by atoms with E-state index in [2.05, 4.69) is 11.8 Å². The number of carboxylic acids is 1. The van der Waals surface area contributed by atoms with Crippen LogP contribution in [-0.2, 0) is 19.1 Å². The minimum Gasteiger partial charge on any atom is -0.494 e. The first-order chi connectivity index (χ1) is 26.0. The fourth-order valence-corrected chi connectivity index (χ4v) is 5.16. The van der Waals surface area contributed by atoms with Gasteiger partial charge in [-0.25, -0.2) is 14.4 Å². The van der Waals surface area contributed by atoms with E-state index in [4.69, 9.17) is 28.1 Å². The van der Waals surface area contributed by atoms with Gasteiger partial charge in [0.1, 0.15) is 47.0 Å². The molecule has 0 amide bonds. The van der Waals surface area contributed by atoms with Crippen LogP contribution in [0.3, 0.4) is 0 Å². The van der Waals surface area contributed by atoms with Crippen molar-refractivity contribution in [2.24, 2.45) is 5.41 Å². The van der Waals surface area contributed by atoms with E-state index in [1.54, 1.807) is 60.7 Å². The lowest BCUT2D eigenvalue weighted by Gasteiger charge is -2.23. The lowest BCUT2D eigenvalue weighted by molar-refractivity contribution is -0.160. The van der Waals surface area contributed by atoms with E-state index in [0.29, 0.717) is 59.8 Å². The molecule has 4 aromatic rings. The molecule has 13 nitrogen and oxygen atoms in total. The first-order valence-corrected chi connectivity index (χ1v) is 18.0. The maximum Gasteiger partial charge on any atom is 0.351 e. The molecule has 0 saturated carbocycles. The zero-order valence-corrected chi connectivity index (χ0v) is 31.1. The van der Waals surface area contributed by atoms with Crippen LogP contribution >= 0.6 is 0 Å². The Balaban J connectivity index is 1.17. The molecule has 0 aliphatic rings. The summed E-state index contributed by atoms with van der Waals surface area (Å²) in [7, 11) is 0. The third-order valence-electron chi connectivity index (χ3n) is 8.59. The van der Waals surface area contributed by atoms with Crippen molar-refractivity contribution in [1.29, 1.82) is 0 Å². The second-order valence-electron chi connectivity index (χ2n) is 12.8. The highest BCUT2D eigenvalue weighted by atomic mass is 16.6. The minimum atomic E-state index is -1.77. The van der Waals surface area contributed by atoms with Crippen molar-refractivity contribution in [2.45, 2.75) is 59.8 Å². The van der Waals surface area contributed by atoms with Gasteiger partial charge in [-0.15, -0.1) is 0 Å². The first-order valence-electron chi connectivity index (χ1n) is 18.0. The number of carboxylic acid groups (broad SMARTS) is 1. The van der Waals surface area contributed by atoms with Crippen LogP contribution in [0.2, 0.25) is 0 Å². The Labute approximate surface area is 313 Å². The summed E-state index contributed by atoms with van der Waals surface area (Å²) in [6.07, 6.45) is 2.90. The van der Waals surface area contributed by atoms with E-state index >= 15 is 0 Å². The molecule has 1 heterocycles. The summed E-state index contributed by atoms with van der Waals surface area (Å²) in [4.78, 5) is 64.5. The van der Waals surface area contributed by atoms with Gasteiger partial charge in [0.15, 0.2) is 0 Å². The summed E-state index contributed by atoms with van der Waals surface area (Å²) in [5.74, 6) is -1.95. The van der Waals surface area contributed by atoms with E-state index in [1.165, 1.54) is 13.0 Å². The highest BCUT2D eigenvalue weighted by molar-refractivity contribution is 5.94. The fourth-order valence-electron chi connectivity index (χ4n) is 5.16. The van der Waals surface area contributed by atoms with Gasteiger partial charge in [-0.05, 0) is 107 Å². The summed E-state index contributed by atoms with van der Waals surface area (Å²) in [5, 5.41) is 10.3. The Kier molecular flexibility index (Phi) is 15.0. The molecule has 4 rings (SSSR count). The zero-order chi connectivity index (χ0) is 39.1. The minimum absolute atomic E-state index is 0.00764. The predicted molar refractivity (Wildman–Crippen MR) is 201 cm³/mol. The zero-order valence-electron chi connectivity index (χ0n) is 31.1. The van der Waals surface area contributed by atoms with Gasteiger partial charge in [-0.2, -0.15) is 0 Å². The molecular formula is C41H47NO12. The van der Waals surface area contributed by atoms with E-state index in [-0.39, 0.29) is 12.0 Å². The quantitative estimate of drug-likeness (QED) is 0.0398. The second kappa shape index (κ2) is 19.8. The van der Waals surface area contributed by atoms with Crippen LogP contribution in [-0.4, -0.2) is 68.5 Å². The molecule has 3 aromatic carbocycles. The number of esters is 3. The SMILES string of the molecule is CCCCOc1ccc(C(=O)Oc2ccc(OCCCCC(=O)OCC(C)(COC(=O)c3cc4ccc(N(CC)CC)cc4oc3=O)C(=O)O)cc2)cc1. The average molecular weight is 746 g/mol. The molecule has 0 radical (unpaired) electrons. The van der Waals surface area contributed by atoms with Crippen molar-refractivity contribution in [3.05, 3.63) is 94.3 Å². The van der Waals surface area contributed by atoms with Crippen LogP contribution in [0.15, 0.2) is 82.0 Å². The van der Waals surface area contributed by atoms with Gasteiger partial charge in [0, 0.05) is 36.7 Å². The number of rotatable bonds is 21. The molecule has 1 N–H and O–H groups in total. The maximum absolute atomic E-state index is 12.8. The van der Waals surface area contributed by atoms with Crippen molar-refractivity contribution >= 4 is 40.5 Å². The van der Waals surface area contributed by atoms with Crippen molar-refractivity contribution in [3.63, 3.8) is 0 Å². The molecule has 0 aliphatic carbocycles. The normalized spacial score (nSPS) is 12.0. The van der Waals surface area contributed by atoms with E-state index in [1.807, 2.05) is 19.9 Å². The summed E-state index contributed by atoms with van der Waals surface area (Å²) in [5.41, 5.74) is -1.50. The van der Waals surface area contributed by atoms with Crippen molar-refractivity contribution in [3.8, 4) is 17.2 Å². The number of ether oxygens (including phenoxy) is 5. The van der Waals surface area contributed by atoms with E-state index in [9.17, 15) is 29.1 Å². The molecule has 0 fully saturated rings. The number of unbranched alkanes of at least 4 members (excludes halogenated alkanes) is 2. The van der Waals surface area contributed by atoms with Crippen LogP contribution in [0.25, 0.3) is 11.0 Å². The number of anilines is 1. The van der Waals surface area contributed by atoms with Crippen molar-refractivity contribution in [1.82, 2.24) is 0 Å². The Bertz CT molecular complexity index is 1930. The lowest BCUT2D eigenvalue weighted by Crippen LogP contribution is -2.39. The summed E-state index contributed by atoms with van der Waals surface area (Å²) >= 11 is 0. The average Bonchev–Trinajstić information content (AvgIpc) is 3.17. The molecule has 0 spiro atoms. The fraction of sp³-hybridized carbons (Fsp3) is 0.390. The number of nitrogens with zero attached hydrogens (tertiary/aromatic N) is 1. The molecule has 13 heteroatoms.